The highest BCUT2D eigenvalue weighted by atomic mass is 35.5. The van der Waals surface area contributed by atoms with Crippen molar-refractivity contribution < 1.29 is 23.8 Å². The van der Waals surface area contributed by atoms with Gasteiger partial charge in [-0.1, -0.05) is 11.6 Å². The number of hydrogen-bond donors (Lipinski definition) is 1. The van der Waals surface area contributed by atoms with Crippen molar-refractivity contribution in [3.63, 3.8) is 0 Å². The zero-order valence-electron chi connectivity index (χ0n) is 15.1. The van der Waals surface area contributed by atoms with Gasteiger partial charge in [0, 0.05) is 29.7 Å². The Morgan fingerprint density at radius 2 is 1.89 bits per heavy atom. The molecule has 0 radical (unpaired) electrons. The van der Waals surface area contributed by atoms with E-state index < -0.39 is 11.8 Å². The Morgan fingerprint density at radius 1 is 1.15 bits per heavy atom. The van der Waals surface area contributed by atoms with Gasteiger partial charge >= 0.3 is 5.97 Å². The Balaban J connectivity index is 2.32. The number of halogens is 1. The number of Topliss-reactive ketones (excluding diaryl/α,β-unsaturated/α-hetero) is 1. The first kappa shape index (κ1) is 20.3. The molecular formula is C19H19ClN2O5. The summed E-state index contributed by atoms with van der Waals surface area (Å²) < 4.78 is 15.4. The summed E-state index contributed by atoms with van der Waals surface area (Å²) in [5.41, 5.74) is 0.639. The van der Waals surface area contributed by atoms with Crippen molar-refractivity contribution in [1.29, 1.82) is 0 Å². The van der Waals surface area contributed by atoms with Crippen LogP contribution in [0.1, 0.15) is 17.3 Å². The van der Waals surface area contributed by atoms with E-state index in [-0.39, 0.29) is 22.9 Å². The number of aromatic nitrogens is 1. The summed E-state index contributed by atoms with van der Waals surface area (Å²) in [4.78, 5) is 28.8. The maximum atomic E-state index is 12.7. The molecule has 8 heteroatoms. The Bertz CT molecular complexity index is 850. The van der Waals surface area contributed by atoms with E-state index in [1.807, 2.05) is 0 Å². The van der Waals surface area contributed by atoms with E-state index in [0.717, 1.165) is 0 Å². The zero-order chi connectivity index (χ0) is 19.8. The van der Waals surface area contributed by atoms with Crippen LogP contribution in [-0.2, 0) is 9.53 Å². The lowest BCUT2D eigenvalue weighted by Crippen LogP contribution is -2.17. The molecular weight excluding hydrogens is 372 g/mol. The number of ether oxygens (including phenoxy) is 3. The van der Waals surface area contributed by atoms with Crippen molar-refractivity contribution in [3.8, 4) is 11.5 Å². The highest BCUT2D eigenvalue weighted by Gasteiger charge is 2.21. The molecule has 0 saturated carbocycles. The molecule has 0 amide bonds. The van der Waals surface area contributed by atoms with Crippen LogP contribution < -0.4 is 14.8 Å². The van der Waals surface area contributed by atoms with Crippen LogP contribution in [0.3, 0.4) is 0 Å². The minimum atomic E-state index is -0.745. The van der Waals surface area contributed by atoms with E-state index in [2.05, 4.69) is 10.3 Å². The molecule has 7 nitrogen and oxygen atoms in total. The lowest BCUT2D eigenvalue weighted by Gasteiger charge is -2.11. The van der Waals surface area contributed by atoms with Gasteiger partial charge in [-0.25, -0.2) is 9.78 Å². The third-order valence-electron chi connectivity index (χ3n) is 3.50. The molecule has 1 N–H and O–H groups in total. The van der Waals surface area contributed by atoms with Gasteiger partial charge < -0.3 is 19.5 Å². The number of nitrogens with one attached hydrogen (secondary N) is 1. The molecule has 27 heavy (non-hydrogen) atoms. The van der Waals surface area contributed by atoms with Gasteiger partial charge in [-0.05, 0) is 31.2 Å². The number of benzene rings is 1. The predicted molar refractivity (Wildman–Crippen MR) is 101 cm³/mol. The standard InChI is InChI=1S/C19H19ClN2O5/c1-4-27-19(24)14(18(23)12-5-8-17(20)22-10-12)11-21-13-6-7-15(25-2)16(9-13)26-3/h5-11,21H,4H2,1-3H3/b14-11-. The number of methoxy groups -OCH3 is 2. The average molecular weight is 391 g/mol. The van der Waals surface area contributed by atoms with Crippen molar-refractivity contribution in [2.24, 2.45) is 0 Å². The first-order valence-electron chi connectivity index (χ1n) is 8.02. The summed E-state index contributed by atoms with van der Waals surface area (Å²) in [7, 11) is 3.04. The Morgan fingerprint density at radius 3 is 2.48 bits per heavy atom. The topological polar surface area (TPSA) is 86.8 Å². The monoisotopic (exact) mass is 390 g/mol. The van der Waals surface area contributed by atoms with Gasteiger partial charge in [-0.3, -0.25) is 4.79 Å². The van der Waals surface area contributed by atoms with Crippen LogP contribution in [0.15, 0.2) is 48.3 Å². The molecule has 1 aromatic carbocycles. The van der Waals surface area contributed by atoms with Crippen LogP contribution in [0.5, 0.6) is 11.5 Å². The summed E-state index contributed by atoms with van der Waals surface area (Å²) in [5.74, 6) is -0.223. The van der Waals surface area contributed by atoms with Crippen LogP contribution >= 0.6 is 11.6 Å². The van der Waals surface area contributed by atoms with E-state index in [4.69, 9.17) is 25.8 Å². The maximum absolute atomic E-state index is 12.7. The summed E-state index contributed by atoms with van der Waals surface area (Å²) >= 11 is 5.74. The Kier molecular flexibility index (Phi) is 7.19. The molecule has 2 rings (SSSR count). The molecule has 0 saturated heterocycles. The number of esters is 1. The highest BCUT2D eigenvalue weighted by Crippen LogP contribution is 2.29. The van der Waals surface area contributed by atoms with E-state index >= 15 is 0 Å². The SMILES string of the molecule is CCOC(=O)/C(=C\Nc1ccc(OC)c(OC)c1)C(=O)c1ccc(Cl)nc1. The van der Waals surface area contributed by atoms with E-state index in [1.54, 1.807) is 25.1 Å². The van der Waals surface area contributed by atoms with Crippen LogP contribution in [0.4, 0.5) is 5.69 Å². The second-order valence-electron chi connectivity index (χ2n) is 5.19. The molecule has 0 fully saturated rings. The fraction of sp³-hybridized carbons (Fsp3) is 0.211. The van der Waals surface area contributed by atoms with E-state index in [9.17, 15) is 9.59 Å². The number of rotatable bonds is 8. The van der Waals surface area contributed by atoms with Crippen molar-refractivity contribution in [2.45, 2.75) is 6.92 Å². The number of anilines is 1. The second kappa shape index (κ2) is 9.59. The first-order chi connectivity index (χ1) is 13.0. The van der Waals surface area contributed by atoms with Gasteiger partial charge in [-0.2, -0.15) is 0 Å². The number of nitrogens with zero attached hydrogens (tertiary/aromatic N) is 1. The molecule has 1 aromatic heterocycles. The third kappa shape index (κ3) is 5.21. The van der Waals surface area contributed by atoms with E-state index in [1.165, 1.54) is 38.7 Å². The first-order valence-corrected chi connectivity index (χ1v) is 8.40. The predicted octanol–water partition coefficient (Wildman–Crippen LogP) is 3.49. The summed E-state index contributed by atoms with van der Waals surface area (Å²) in [5, 5.41) is 3.15. The molecule has 0 unspecified atom stereocenters. The van der Waals surface area contributed by atoms with Gasteiger partial charge in [0.1, 0.15) is 10.7 Å². The zero-order valence-corrected chi connectivity index (χ0v) is 15.9. The number of carbonyl (C=O) groups is 2. The smallest absolute Gasteiger partial charge is 0.343 e. The largest absolute Gasteiger partial charge is 0.493 e. The lowest BCUT2D eigenvalue weighted by atomic mass is 10.1. The average Bonchev–Trinajstić information content (AvgIpc) is 2.68. The van der Waals surface area contributed by atoms with Crippen molar-refractivity contribution >= 4 is 29.0 Å². The molecule has 1 heterocycles. The van der Waals surface area contributed by atoms with Crippen molar-refractivity contribution in [2.75, 3.05) is 26.1 Å². The van der Waals surface area contributed by atoms with Gasteiger partial charge in [0.05, 0.1) is 20.8 Å². The molecule has 142 valence electrons. The van der Waals surface area contributed by atoms with Crippen LogP contribution in [0, 0.1) is 0 Å². The number of ketones is 1. The molecule has 0 bridgehead atoms. The number of pyridine rings is 1. The summed E-state index contributed by atoms with van der Waals surface area (Å²) in [6.45, 7) is 1.80. The molecule has 0 spiro atoms. The van der Waals surface area contributed by atoms with Crippen LogP contribution in [0.2, 0.25) is 5.15 Å². The molecule has 0 atom stereocenters. The normalized spacial score (nSPS) is 10.9. The van der Waals surface area contributed by atoms with Crippen molar-refractivity contribution in [1.82, 2.24) is 4.98 Å². The lowest BCUT2D eigenvalue weighted by molar-refractivity contribution is -0.138. The van der Waals surface area contributed by atoms with Crippen molar-refractivity contribution in [3.05, 3.63) is 59.0 Å². The number of carbonyl (C=O) groups excluding carboxylic acids is 2. The van der Waals surface area contributed by atoms with Crippen LogP contribution in [0.25, 0.3) is 0 Å². The molecule has 2 aromatic rings. The van der Waals surface area contributed by atoms with Gasteiger partial charge in [0.2, 0.25) is 5.78 Å². The van der Waals surface area contributed by atoms with E-state index in [0.29, 0.717) is 17.2 Å². The van der Waals surface area contributed by atoms with Gasteiger partial charge in [0.15, 0.2) is 11.5 Å². The minimum absolute atomic E-state index is 0.138. The summed E-state index contributed by atoms with van der Waals surface area (Å²) in [6, 6.07) is 8.05. The minimum Gasteiger partial charge on any atom is -0.493 e. The third-order valence-corrected chi connectivity index (χ3v) is 3.72. The van der Waals surface area contributed by atoms with Gasteiger partial charge in [-0.15, -0.1) is 0 Å². The fourth-order valence-electron chi connectivity index (χ4n) is 2.17. The quantitative estimate of drug-likeness (QED) is 0.184. The molecule has 0 aliphatic heterocycles. The fourth-order valence-corrected chi connectivity index (χ4v) is 2.28. The highest BCUT2D eigenvalue weighted by molar-refractivity contribution is 6.29. The number of hydrogen-bond acceptors (Lipinski definition) is 7. The van der Waals surface area contributed by atoms with Gasteiger partial charge in [0.25, 0.3) is 0 Å². The Hall–Kier alpha value is -3.06. The van der Waals surface area contributed by atoms with Crippen LogP contribution in [-0.4, -0.2) is 37.6 Å². The Labute approximate surface area is 161 Å². The molecule has 0 aliphatic carbocycles. The summed E-state index contributed by atoms with van der Waals surface area (Å²) in [6.07, 6.45) is 2.59. The maximum Gasteiger partial charge on any atom is 0.343 e. The molecule has 0 aliphatic rings. The second-order valence-corrected chi connectivity index (χ2v) is 5.58.